The Morgan fingerprint density at radius 3 is 2.80 bits per heavy atom. The van der Waals surface area contributed by atoms with Gasteiger partial charge < -0.3 is 4.74 Å². The summed E-state index contributed by atoms with van der Waals surface area (Å²) in [6.45, 7) is 0.800. The summed E-state index contributed by atoms with van der Waals surface area (Å²) in [4.78, 5) is 3.71. The Hall–Kier alpha value is -0.690. The van der Waals surface area contributed by atoms with E-state index in [9.17, 15) is 8.42 Å². The van der Waals surface area contributed by atoms with Gasteiger partial charge in [0.15, 0.2) is 0 Å². The van der Waals surface area contributed by atoms with Crippen LogP contribution in [0.3, 0.4) is 0 Å². The molecule has 0 amide bonds. The highest BCUT2D eigenvalue weighted by atomic mass is 35.5. The van der Waals surface area contributed by atoms with E-state index in [2.05, 4.69) is 9.71 Å². The molecular weight excluding hydrogens is 240 g/mol. The van der Waals surface area contributed by atoms with Gasteiger partial charge in [-0.3, -0.25) is 0 Å². The molecule has 1 N–H and O–H groups in total. The lowest BCUT2D eigenvalue weighted by Gasteiger charge is -2.26. The SMILES string of the molecule is O=S(=O)(NC1COC1)c1cccnc1Cl. The number of aromatic nitrogens is 1. The second-order valence-electron chi connectivity index (χ2n) is 3.15. The predicted molar refractivity (Wildman–Crippen MR) is 54.2 cm³/mol. The molecule has 0 atom stereocenters. The van der Waals surface area contributed by atoms with E-state index >= 15 is 0 Å². The zero-order valence-electron chi connectivity index (χ0n) is 7.68. The number of halogens is 1. The van der Waals surface area contributed by atoms with Crippen LogP contribution in [0.2, 0.25) is 5.15 Å². The molecule has 0 aliphatic carbocycles. The van der Waals surface area contributed by atoms with Gasteiger partial charge in [0.2, 0.25) is 10.0 Å². The quantitative estimate of drug-likeness (QED) is 0.787. The van der Waals surface area contributed by atoms with Crippen molar-refractivity contribution in [3.05, 3.63) is 23.5 Å². The van der Waals surface area contributed by atoms with Crippen molar-refractivity contribution in [1.82, 2.24) is 9.71 Å². The fraction of sp³-hybridized carbons (Fsp3) is 0.375. The average molecular weight is 249 g/mol. The zero-order chi connectivity index (χ0) is 10.9. The molecule has 1 aromatic rings. The van der Waals surface area contributed by atoms with E-state index < -0.39 is 10.0 Å². The average Bonchev–Trinajstić information content (AvgIpc) is 2.12. The van der Waals surface area contributed by atoms with E-state index in [1.165, 1.54) is 18.3 Å². The summed E-state index contributed by atoms with van der Waals surface area (Å²) in [7, 11) is -3.58. The highest BCUT2D eigenvalue weighted by molar-refractivity contribution is 7.89. The van der Waals surface area contributed by atoms with Crippen LogP contribution in [-0.4, -0.2) is 32.7 Å². The van der Waals surface area contributed by atoms with E-state index in [-0.39, 0.29) is 16.1 Å². The van der Waals surface area contributed by atoms with Gasteiger partial charge in [-0.25, -0.2) is 18.1 Å². The fourth-order valence-corrected chi connectivity index (χ4v) is 2.82. The predicted octanol–water partition coefficient (Wildman–Crippen LogP) is 0.412. The van der Waals surface area contributed by atoms with Crippen molar-refractivity contribution in [3.63, 3.8) is 0 Å². The maximum absolute atomic E-state index is 11.8. The number of ether oxygens (including phenoxy) is 1. The Bertz CT molecular complexity index is 459. The van der Waals surface area contributed by atoms with Crippen LogP contribution in [0, 0.1) is 0 Å². The molecular formula is C8H9ClN2O3S. The number of hydrogen-bond acceptors (Lipinski definition) is 4. The second-order valence-corrected chi connectivity index (χ2v) is 5.19. The Morgan fingerprint density at radius 1 is 1.53 bits per heavy atom. The van der Waals surface area contributed by atoms with Crippen molar-refractivity contribution in [3.8, 4) is 0 Å². The Kier molecular flexibility index (Phi) is 2.92. The zero-order valence-corrected chi connectivity index (χ0v) is 9.25. The molecule has 2 heterocycles. The van der Waals surface area contributed by atoms with Crippen LogP contribution in [0.1, 0.15) is 0 Å². The van der Waals surface area contributed by atoms with Crippen LogP contribution in [0.15, 0.2) is 23.2 Å². The molecule has 5 nitrogen and oxygen atoms in total. The Labute approximate surface area is 92.5 Å². The van der Waals surface area contributed by atoms with Crippen LogP contribution in [0.25, 0.3) is 0 Å². The summed E-state index contributed by atoms with van der Waals surface area (Å²) < 4.78 is 30.9. The Morgan fingerprint density at radius 2 is 2.27 bits per heavy atom. The molecule has 0 spiro atoms. The van der Waals surface area contributed by atoms with Gasteiger partial charge in [-0.05, 0) is 12.1 Å². The molecule has 1 aliphatic rings. The molecule has 0 saturated carbocycles. The first-order valence-electron chi connectivity index (χ1n) is 4.30. The highest BCUT2D eigenvalue weighted by Crippen LogP contribution is 2.18. The summed E-state index contributed by atoms with van der Waals surface area (Å²) in [6.07, 6.45) is 1.44. The molecule has 2 rings (SSSR count). The molecule has 0 bridgehead atoms. The molecule has 0 aromatic carbocycles. The first kappa shape index (κ1) is 10.8. The minimum Gasteiger partial charge on any atom is -0.378 e. The molecule has 0 unspecified atom stereocenters. The van der Waals surface area contributed by atoms with Crippen LogP contribution in [0.4, 0.5) is 0 Å². The molecule has 82 valence electrons. The molecule has 7 heteroatoms. The summed E-state index contributed by atoms with van der Waals surface area (Å²) in [5.74, 6) is 0. The smallest absolute Gasteiger partial charge is 0.244 e. The van der Waals surface area contributed by atoms with Crippen molar-refractivity contribution in [1.29, 1.82) is 0 Å². The molecule has 1 saturated heterocycles. The lowest BCUT2D eigenvalue weighted by Crippen LogP contribution is -2.48. The maximum atomic E-state index is 11.8. The van der Waals surface area contributed by atoms with Crippen molar-refractivity contribution < 1.29 is 13.2 Å². The van der Waals surface area contributed by atoms with Crippen molar-refractivity contribution in [2.45, 2.75) is 10.9 Å². The summed E-state index contributed by atoms with van der Waals surface area (Å²) in [6, 6.07) is 2.78. The molecule has 1 aliphatic heterocycles. The Balaban J connectivity index is 2.24. The monoisotopic (exact) mass is 248 g/mol. The maximum Gasteiger partial charge on any atom is 0.244 e. The molecule has 0 radical (unpaired) electrons. The van der Waals surface area contributed by atoms with Crippen LogP contribution < -0.4 is 4.72 Å². The van der Waals surface area contributed by atoms with Crippen LogP contribution >= 0.6 is 11.6 Å². The summed E-state index contributed by atoms with van der Waals surface area (Å²) in [5, 5.41) is -0.0229. The van der Waals surface area contributed by atoms with Gasteiger partial charge in [0.05, 0.1) is 19.3 Å². The number of nitrogens with one attached hydrogen (secondary N) is 1. The number of pyridine rings is 1. The van der Waals surface area contributed by atoms with E-state index in [0.29, 0.717) is 13.2 Å². The van der Waals surface area contributed by atoms with Gasteiger partial charge >= 0.3 is 0 Å². The molecule has 1 fully saturated rings. The van der Waals surface area contributed by atoms with Crippen LogP contribution in [0.5, 0.6) is 0 Å². The lowest BCUT2D eigenvalue weighted by atomic mass is 10.3. The van der Waals surface area contributed by atoms with Gasteiger partial charge in [-0.1, -0.05) is 11.6 Å². The van der Waals surface area contributed by atoms with Crippen molar-refractivity contribution >= 4 is 21.6 Å². The van der Waals surface area contributed by atoms with Gasteiger partial charge in [0.1, 0.15) is 10.0 Å². The third-order valence-electron chi connectivity index (χ3n) is 1.97. The normalized spacial score (nSPS) is 17.4. The van der Waals surface area contributed by atoms with Gasteiger partial charge in [-0.2, -0.15) is 0 Å². The van der Waals surface area contributed by atoms with Crippen LogP contribution in [-0.2, 0) is 14.8 Å². The topological polar surface area (TPSA) is 68.3 Å². The number of hydrogen-bond donors (Lipinski definition) is 1. The number of rotatable bonds is 3. The van der Waals surface area contributed by atoms with E-state index in [1.807, 2.05) is 0 Å². The van der Waals surface area contributed by atoms with Crippen molar-refractivity contribution in [2.24, 2.45) is 0 Å². The standard InChI is InChI=1S/C8H9ClN2O3S/c9-8-7(2-1-3-10-8)15(12,13)11-6-4-14-5-6/h1-3,6,11H,4-5H2. The van der Waals surface area contributed by atoms with Gasteiger partial charge in [0.25, 0.3) is 0 Å². The molecule has 15 heavy (non-hydrogen) atoms. The number of nitrogens with zero attached hydrogens (tertiary/aromatic N) is 1. The van der Waals surface area contributed by atoms with E-state index in [1.54, 1.807) is 0 Å². The number of sulfonamides is 1. The van der Waals surface area contributed by atoms with E-state index in [4.69, 9.17) is 16.3 Å². The van der Waals surface area contributed by atoms with Gasteiger partial charge in [-0.15, -0.1) is 0 Å². The third kappa shape index (κ3) is 2.28. The third-order valence-corrected chi connectivity index (χ3v) is 3.94. The first-order valence-corrected chi connectivity index (χ1v) is 6.16. The highest BCUT2D eigenvalue weighted by Gasteiger charge is 2.27. The lowest BCUT2D eigenvalue weighted by molar-refractivity contribution is 0.00482. The van der Waals surface area contributed by atoms with E-state index in [0.717, 1.165) is 0 Å². The summed E-state index contributed by atoms with van der Waals surface area (Å²) in [5.41, 5.74) is 0. The first-order chi connectivity index (χ1) is 7.09. The largest absolute Gasteiger partial charge is 0.378 e. The van der Waals surface area contributed by atoms with Crippen molar-refractivity contribution in [2.75, 3.05) is 13.2 Å². The minimum atomic E-state index is -3.58. The summed E-state index contributed by atoms with van der Waals surface area (Å²) >= 11 is 5.69. The van der Waals surface area contributed by atoms with Gasteiger partial charge in [0, 0.05) is 6.20 Å². The second kappa shape index (κ2) is 4.05. The minimum absolute atomic E-state index is 0.00133. The molecule has 1 aromatic heterocycles. The fourth-order valence-electron chi connectivity index (χ4n) is 1.16.